The average Bonchev–Trinajstić information content (AvgIpc) is 3.10. The summed E-state index contributed by atoms with van der Waals surface area (Å²) in [5, 5.41) is 8.94. The van der Waals surface area contributed by atoms with Crippen LogP contribution in [0.2, 0.25) is 0 Å². The molecule has 0 saturated heterocycles. The molecule has 5 rings (SSSR count). The zero-order valence-electron chi connectivity index (χ0n) is 13.9. The third-order valence-corrected chi connectivity index (χ3v) is 5.36. The smallest absolute Gasteiger partial charge is 0.256 e. The normalized spacial score (nSPS) is 19.9. The maximum absolute atomic E-state index is 12.8. The molecule has 1 aliphatic carbocycles. The van der Waals surface area contributed by atoms with E-state index in [0.717, 1.165) is 32.6 Å². The van der Waals surface area contributed by atoms with Crippen LogP contribution in [0.3, 0.4) is 0 Å². The Bertz CT molecular complexity index is 1160. The van der Waals surface area contributed by atoms with Crippen molar-refractivity contribution in [2.45, 2.75) is 31.0 Å². The molecule has 3 heterocycles. The quantitative estimate of drug-likeness (QED) is 0.439. The van der Waals surface area contributed by atoms with Crippen molar-refractivity contribution in [1.29, 1.82) is 0 Å². The minimum absolute atomic E-state index is 0.241. The first-order chi connectivity index (χ1) is 12.9. The van der Waals surface area contributed by atoms with Crippen LogP contribution in [-0.2, 0) is 6.54 Å². The van der Waals surface area contributed by atoms with Crippen molar-refractivity contribution in [3.05, 3.63) is 58.6 Å². The van der Waals surface area contributed by atoms with Crippen LogP contribution in [0.4, 0.5) is 13.2 Å². The van der Waals surface area contributed by atoms with Gasteiger partial charge in [0.15, 0.2) is 5.65 Å². The Morgan fingerprint density at radius 1 is 1.11 bits per heavy atom. The molecule has 1 fully saturated rings. The Morgan fingerprint density at radius 2 is 1.96 bits per heavy atom. The van der Waals surface area contributed by atoms with Crippen LogP contribution in [-0.4, -0.2) is 30.6 Å². The lowest BCUT2D eigenvalue weighted by Gasteiger charge is -2.09. The lowest BCUT2D eigenvalue weighted by molar-refractivity contribution is -0.141. The fraction of sp³-hybridized carbons (Fsp3) is 0.278. The second-order valence-electron chi connectivity index (χ2n) is 6.79. The van der Waals surface area contributed by atoms with Gasteiger partial charge in [0.25, 0.3) is 0 Å². The van der Waals surface area contributed by atoms with Gasteiger partial charge in [-0.25, -0.2) is 9.50 Å². The number of fused-ring (bicyclic) bond motifs is 2. The van der Waals surface area contributed by atoms with E-state index in [1.165, 1.54) is 6.20 Å². The number of aromatic nitrogens is 5. The molecule has 0 amide bonds. The number of rotatable bonds is 3. The SMILES string of the molecule is FC(F)(F)Cn1ncc2ccc([C@H]3C[C@@H]3c3cc(Br)nc4ccnn34)cc21. The molecular formula is C18H13BrF3N5. The van der Waals surface area contributed by atoms with E-state index in [1.807, 2.05) is 34.8 Å². The highest BCUT2D eigenvalue weighted by Crippen LogP contribution is 2.55. The van der Waals surface area contributed by atoms with Crippen molar-refractivity contribution in [2.24, 2.45) is 0 Å². The summed E-state index contributed by atoms with van der Waals surface area (Å²) in [5.41, 5.74) is 3.34. The fourth-order valence-electron chi connectivity index (χ4n) is 3.67. The van der Waals surface area contributed by atoms with E-state index in [2.05, 4.69) is 31.1 Å². The molecule has 0 spiro atoms. The number of halogens is 4. The van der Waals surface area contributed by atoms with Crippen LogP contribution in [0.1, 0.15) is 29.5 Å². The molecule has 0 N–H and O–H groups in total. The molecule has 27 heavy (non-hydrogen) atoms. The second-order valence-corrected chi connectivity index (χ2v) is 7.60. The summed E-state index contributed by atoms with van der Waals surface area (Å²) < 4.78 is 41.9. The first-order valence-corrected chi connectivity index (χ1v) is 9.21. The minimum Gasteiger partial charge on any atom is -0.256 e. The summed E-state index contributed by atoms with van der Waals surface area (Å²) in [4.78, 5) is 4.38. The van der Waals surface area contributed by atoms with Gasteiger partial charge in [-0.05, 0) is 46.0 Å². The molecule has 1 aliphatic rings. The van der Waals surface area contributed by atoms with Gasteiger partial charge in [0.05, 0.1) is 23.6 Å². The van der Waals surface area contributed by atoms with Gasteiger partial charge < -0.3 is 0 Å². The lowest BCUT2D eigenvalue weighted by atomic mass is 10.1. The number of hydrogen-bond donors (Lipinski definition) is 0. The molecule has 9 heteroatoms. The van der Waals surface area contributed by atoms with E-state index < -0.39 is 12.7 Å². The van der Waals surface area contributed by atoms with E-state index in [4.69, 9.17) is 0 Å². The fourth-order valence-corrected chi connectivity index (χ4v) is 4.09. The summed E-state index contributed by atoms with van der Waals surface area (Å²) in [6.45, 7) is -1.08. The van der Waals surface area contributed by atoms with Crippen molar-refractivity contribution in [3.63, 3.8) is 0 Å². The van der Waals surface area contributed by atoms with Crippen molar-refractivity contribution < 1.29 is 13.2 Å². The van der Waals surface area contributed by atoms with Crippen LogP contribution in [0.5, 0.6) is 0 Å². The maximum atomic E-state index is 12.8. The molecule has 2 atom stereocenters. The van der Waals surface area contributed by atoms with Gasteiger partial charge in [-0.1, -0.05) is 12.1 Å². The lowest BCUT2D eigenvalue weighted by Crippen LogP contribution is -2.18. The van der Waals surface area contributed by atoms with Gasteiger partial charge in [0, 0.05) is 17.4 Å². The molecule has 3 aromatic heterocycles. The molecule has 0 bridgehead atoms. The molecule has 4 aromatic rings. The van der Waals surface area contributed by atoms with E-state index in [9.17, 15) is 13.2 Å². The molecule has 1 aromatic carbocycles. The Kier molecular flexibility index (Phi) is 3.59. The minimum atomic E-state index is -4.30. The Morgan fingerprint density at radius 3 is 2.78 bits per heavy atom. The zero-order chi connectivity index (χ0) is 18.8. The highest BCUT2D eigenvalue weighted by molar-refractivity contribution is 9.10. The number of benzene rings is 1. The Hall–Kier alpha value is -2.42. The van der Waals surface area contributed by atoms with E-state index in [1.54, 1.807) is 6.20 Å². The standard InChI is InChI=1S/C18H13BrF3N5/c19-16-7-15(27-17(25-16)3-4-23-27)13-6-12(13)10-1-2-11-8-24-26(14(11)5-10)9-18(20,21)22/h1-5,7-8,12-13H,6,9H2/t12-,13+/m1/s1. The van der Waals surface area contributed by atoms with Gasteiger partial charge in [0.1, 0.15) is 11.1 Å². The molecule has 0 unspecified atom stereocenters. The molecule has 138 valence electrons. The highest BCUT2D eigenvalue weighted by Gasteiger charge is 2.41. The van der Waals surface area contributed by atoms with Crippen LogP contribution < -0.4 is 0 Å². The highest BCUT2D eigenvalue weighted by atomic mass is 79.9. The van der Waals surface area contributed by atoms with Gasteiger partial charge >= 0.3 is 6.18 Å². The van der Waals surface area contributed by atoms with Crippen LogP contribution in [0.15, 0.2) is 47.3 Å². The zero-order valence-corrected chi connectivity index (χ0v) is 15.4. The largest absolute Gasteiger partial charge is 0.408 e. The summed E-state index contributed by atoms with van der Waals surface area (Å²) in [7, 11) is 0. The van der Waals surface area contributed by atoms with Crippen LogP contribution in [0, 0.1) is 0 Å². The van der Waals surface area contributed by atoms with Gasteiger partial charge in [0.2, 0.25) is 0 Å². The average molecular weight is 436 g/mol. The second kappa shape index (κ2) is 5.79. The number of hydrogen-bond acceptors (Lipinski definition) is 3. The topological polar surface area (TPSA) is 48.0 Å². The van der Waals surface area contributed by atoms with Gasteiger partial charge in [-0.2, -0.15) is 23.4 Å². The predicted molar refractivity (Wildman–Crippen MR) is 96.6 cm³/mol. The van der Waals surface area contributed by atoms with Crippen molar-refractivity contribution in [2.75, 3.05) is 0 Å². The number of alkyl halides is 3. The molecule has 5 nitrogen and oxygen atoms in total. The third kappa shape index (κ3) is 2.99. The Labute approximate surface area is 159 Å². The van der Waals surface area contributed by atoms with Crippen molar-refractivity contribution >= 4 is 32.5 Å². The summed E-state index contributed by atoms with van der Waals surface area (Å²) >= 11 is 3.43. The first kappa shape index (κ1) is 16.7. The Balaban J connectivity index is 1.50. The van der Waals surface area contributed by atoms with Crippen LogP contribution >= 0.6 is 15.9 Å². The summed E-state index contributed by atoms with van der Waals surface area (Å²) in [6, 6.07) is 9.44. The molecular weight excluding hydrogens is 423 g/mol. The van der Waals surface area contributed by atoms with E-state index >= 15 is 0 Å². The predicted octanol–water partition coefficient (Wildman–Crippen LogP) is 4.67. The monoisotopic (exact) mass is 435 g/mol. The molecule has 1 saturated carbocycles. The van der Waals surface area contributed by atoms with Crippen LogP contribution in [0.25, 0.3) is 16.6 Å². The maximum Gasteiger partial charge on any atom is 0.408 e. The first-order valence-electron chi connectivity index (χ1n) is 8.41. The van der Waals surface area contributed by atoms with Crippen molar-refractivity contribution in [3.8, 4) is 0 Å². The third-order valence-electron chi connectivity index (χ3n) is 4.95. The van der Waals surface area contributed by atoms with E-state index in [-0.39, 0.29) is 11.8 Å². The van der Waals surface area contributed by atoms with E-state index in [0.29, 0.717) is 10.9 Å². The number of nitrogens with zero attached hydrogens (tertiary/aromatic N) is 5. The molecule has 0 radical (unpaired) electrons. The van der Waals surface area contributed by atoms with Crippen molar-refractivity contribution in [1.82, 2.24) is 24.4 Å². The summed E-state index contributed by atoms with van der Waals surface area (Å²) in [6.07, 6.45) is -0.198. The summed E-state index contributed by atoms with van der Waals surface area (Å²) in [5.74, 6) is 0.494. The van der Waals surface area contributed by atoms with Gasteiger partial charge in [-0.3, -0.25) is 4.68 Å². The molecule has 0 aliphatic heterocycles. The van der Waals surface area contributed by atoms with Gasteiger partial charge in [-0.15, -0.1) is 0 Å².